The highest BCUT2D eigenvalue weighted by atomic mass is 16.5. The minimum Gasteiger partial charge on any atom is -0.491 e. The summed E-state index contributed by atoms with van der Waals surface area (Å²) in [6, 6.07) is 3.40. The van der Waals surface area contributed by atoms with E-state index in [0.29, 0.717) is 29.5 Å². The summed E-state index contributed by atoms with van der Waals surface area (Å²) in [6.45, 7) is 2.62. The second-order valence-corrected chi connectivity index (χ2v) is 7.09. The van der Waals surface area contributed by atoms with E-state index in [-0.39, 0.29) is 0 Å². The topological polar surface area (TPSA) is 91.8 Å². The predicted molar refractivity (Wildman–Crippen MR) is 106 cm³/mol. The van der Waals surface area contributed by atoms with Crippen molar-refractivity contribution in [1.29, 1.82) is 0 Å². The van der Waals surface area contributed by atoms with Crippen molar-refractivity contribution in [2.45, 2.75) is 18.8 Å². The van der Waals surface area contributed by atoms with Crippen molar-refractivity contribution in [3.63, 3.8) is 0 Å². The summed E-state index contributed by atoms with van der Waals surface area (Å²) >= 11 is 0. The Hall–Kier alpha value is -2.58. The molecule has 0 atom stereocenters. The van der Waals surface area contributed by atoms with Crippen LogP contribution in [-0.2, 0) is 9.47 Å². The highest BCUT2D eigenvalue weighted by Crippen LogP contribution is 2.33. The van der Waals surface area contributed by atoms with E-state index in [1.807, 2.05) is 29.8 Å². The van der Waals surface area contributed by atoms with Gasteiger partial charge in [0.15, 0.2) is 0 Å². The van der Waals surface area contributed by atoms with Gasteiger partial charge in [-0.1, -0.05) is 0 Å². The van der Waals surface area contributed by atoms with Gasteiger partial charge in [0.25, 0.3) is 0 Å². The molecule has 2 N–H and O–H groups in total. The normalized spacial score (nSPS) is 15.0. The van der Waals surface area contributed by atoms with Crippen LogP contribution in [0.4, 0.5) is 5.69 Å². The molecule has 2 aromatic rings. The molecule has 2 heterocycles. The number of anilines is 1. The van der Waals surface area contributed by atoms with E-state index in [9.17, 15) is 4.79 Å². The van der Waals surface area contributed by atoms with Crippen LogP contribution in [0.3, 0.4) is 0 Å². The number of methoxy groups -OCH3 is 1. The maximum atomic E-state index is 12.2. The molecule has 28 heavy (non-hydrogen) atoms. The molecule has 1 aliphatic heterocycles. The summed E-state index contributed by atoms with van der Waals surface area (Å²) in [6.07, 6.45) is 5.50. The van der Waals surface area contributed by atoms with E-state index >= 15 is 0 Å². The summed E-state index contributed by atoms with van der Waals surface area (Å²) in [7, 11) is 5.27. The predicted octanol–water partition coefficient (Wildman–Crippen LogP) is 2.08. The molecule has 0 aliphatic carbocycles. The van der Waals surface area contributed by atoms with E-state index < -0.39 is 5.97 Å². The molecular weight excluding hydrogens is 360 g/mol. The Morgan fingerprint density at radius 3 is 2.79 bits per heavy atom. The van der Waals surface area contributed by atoms with Crippen LogP contribution < -0.4 is 10.5 Å². The number of carbonyl (C=O) groups is 1. The van der Waals surface area contributed by atoms with E-state index in [4.69, 9.17) is 19.9 Å². The average molecular weight is 388 g/mol. The molecular formula is C20H28N4O4. The molecule has 3 rings (SSSR count). The van der Waals surface area contributed by atoms with Crippen LogP contribution in [0.1, 0.15) is 34.9 Å². The second kappa shape index (κ2) is 9.07. The van der Waals surface area contributed by atoms with Crippen LogP contribution in [0.15, 0.2) is 24.5 Å². The van der Waals surface area contributed by atoms with Gasteiger partial charge in [-0.2, -0.15) is 0 Å². The first kappa shape index (κ1) is 20.2. The number of rotatable bonds is 7. The molecule has 0 radical (unpaired) electrons. The lowest BCUT2D eigenvalue weighted by atomic mass is 9.99. The third kappa shape index (κ3) is 4.45. The number of hydrogen-bond acceptors (Lipinski definition) is 7. The number of nitrogen functional groups attached to an aromatic ring is 1. The maximum Gasteiger partial charge on any atom is 0.341 e. The van der Waals surface area contributed by atoms with E-state index in [0.717, 1.165) is 44.1 Å². The first-order valence-corrected chi connectivity index (χ1v) is 9.42. The van der Waals surface area contributed by atoms with Gasteiger partial charge in [0.2, 0.25) is 0 Å². The Bertz CT molecular complexity index is 813. The Morgan fingerprint density at radius 2 is 2.11 bits per heavy atom. The summed E-state index contributed by atoms with van der Waals surface area (Å²) in [4.78, 5) is 18.8. The van der Waals surface area contributed by atoms with Crippen LogP contribution in [0.5, 0.6) is 5.75 Å². The zero-order valence-electron chi connectivity index (χ0n) is 16.7. The highest BCUT2D eigenvalue weighted by molar-refractivity contribution is 5.94. The van der Waals surface area contributed by atoms with Crippen LogP contribution in [-0.4, -0.2) is 68.0 Å². The highest BCUT2D eigenvalue weighted by Gasteiger charge is 2.23. The first-order chi connectivity index (χ1) is 13.5. The zero-order valence-corrected chi connectivity index (χ0v) is 16.7. The van der Waals surface area contributed by atoms with Gasteiger partial charge in [0.1, 0.15) is 23.7 Å². The number of aromatic nitrogens is 2. The van der Waals surface area contributed by atoms with Gasteiger partial charge in [-0.15, -0.1) is 0 Å². The fraction of sp³-hybridized carbons (Fsp3) is 0.500. The average Bonchev–Trinajstić information content (AvgIpc) is 3.18. The number of imidazole rings is 1. The molecule has 0 saturated carbocycles. The Labute approximate surface area is 165 Å². The number of nitrogens with zero attached hydrogens (tertiary/aromatic N) is 3. The largest absolute Gasteiger partial charge is 0.491 e. The van der Waals surface area contributed by atoms with Crippen molar-refractivity contribution < 1.29 is 19.0 Å². The quantitative estimate of drug-likeness (QED) is 0.573. The zero-order chi connectivity index (χ0) is 20.1. The molecule has 1 aromatic carbocycles. The molecule has 1 saturated heterocycles. The van der Waals surface area contributed by atoms with Crippen molar-refractivity contribution in [3.8, 4) is 11.4 Å². The lowest BCUT2D eigenvalue weighted by molar-refractivity contribution is 0.0595. The fourth-order valence-corrected chi connectivity index (χ4v) is 3.30. The van der Waals surface area contributed by atoms with E-state index in [1.165, 1.54) is 7.11 Å². The fourth-order valence-electron chi connectivity index (χ4n) is 3.30. The first-order valence-electron chi connectivity index (χ1n) is 9.42. The van der Waals surface area contributed by atoms with Gasteiger partial charge >= 0.3 is 5.97 Å². The molecule has 152 valence electrons. The van der Waals surface area contributed by atoms with Gasteiger partial charge in [-0.05, 0) is 33.0 Å². The van der Waals surface area contributed by atoms with E-state index in [2.05, 4.69) is 4.98 Å². The second-order valence-electron chi connectivity index (χ2n) is 7.09. The third-order valence-corrected chi connectivity index (χ3v) is 4.85. The third-order valence-electron chi connectivity index (χ3n) is 4.85. The van der Waals surface area contributed by atoms with Gasteiger partial charge in [0.05, 0.1) is 18.5 Å². The van der Waals surface area contributed by atoms with Gasteiger partial charge in [-0.3, -0.25) is 0 Å². The molecule has 1 aromatic heterocycles. The molecule has 0 unspecified atom stereocenters. The number of carbonyl (C=O) groups excluding carboxylic acids is 1. The molecule has 0 amide bonds. The van der Waals surface area contributed by atoms with Gasteiger partial charge < -0.3 is 29.4 Å². The SMILES string of the molecule is COC(=O)c1cc(N)c(-n2ccnc2C2CCOCC2)cc1OCCN(C)C. The minimum atomic E-state index is -0.478. The Morgan fingerprint density at radius 1 is 1.36 bits per heavy atom. The van der Waals surface area contributed by atoms with Crippen molar-refractivity contribution in [1.82, 2.24) is 14.5 Å². The van der Waals surface area contributed by atoms with Gasteiger partial charge in [0, 0.05) is 44.1 Å². The molecule has 0 spiro atoms. The lowest BCUT2D eigenvalue weighted by Crippen LogP contribution is -2.21. The molecule has 8 nitrogen and oxygen atoms in total. The van der Waals surface area contributed by atoms with Crippen LogP contribution in [0, 0.1) is 0 Å². The van der Waals surface area contributed by atoms with Crippen molar-refractivity contribution in [3.05, 3.63) is 35.9 Å². The lowest BCUT2D eigenvalue weighted by Gasteiger charge is -2.23. The van der Waals surface area contributed by atoms with Gasteiger partial charge in [-0.25, -0.2) is 9.78 Å². The smallest absolute Gasteiger partial charge is 0.341 e. The number of hydrogen-bond donors (Lipinski definition) is 1. The molecule has 8 heteroatoms. The van der Waals surface area contributed by atoms with Crippen molar-refractivity contribution in [2.24, 2.45) is 0 Å². The van der Waals surface area contributed by atoms with Crippen molar-refractivity contribution >= 4 is 11.7 Å². The number of benzene rings is 1. The van der Waals surface area contributed by atoms with Crippen LogP contribution in [0.2, 0.25) is 0 Å². The molecule has 1 aliphatic rings. The summed E-state index contributed by atoms with van der Waals surface area (Å²) in [5, 5.41) is 0. The Balaban J connectivity index is 1.97. The summed E-state index contributed by atoms with van der Waals surface area (Å²) in [5.41, 5.74) is 7.83. The van der Waals surface area contributed by atoms with Crippen LogP contribution >= 0.6 is 0 Å². The minimum absolute atomic E-state index is 0.307. The standard InChI is InChI=1S/C20H28N4O4/c1-23(2)8-11-28-18-13-17(16(21)12-15(18)20(25)26-3)24-7-6-22-19(24)14-4-9-27-10-5-14/h6-7,12-14H,4-5,8-11,21H2,1-3H3. The number of likely N-dealkylation sites (N-methyl/N-ethyl adjacent to an activating group) is 1. The molecule has 1 fully saturated rings. The van der Waals surface area contributed by atoms with Crippen LogP contribution in [0.25, 0.3) is 5.69 Å². The monoisotopic (exact) mass is 388 g/mol. The summed E-state index contributed by atoms with van der Waals surface area (Å²) in [5.74, 6) is 1.22. The number of ether oxygens (including phenoxy) is 3. The number of nitrogens with two attached hydrogens (primary N) is 1. The van der Waals surface area contributed by atoms with Crippen molar-refractivity contribution in [2.75, 3.05) is 53.3 Å². The van der Waals surface area contributed by atoms with E-state index in [1.54, 1.807) is 18.3 Å². The summed E-state index contributed by atoms with van der Waals surface area (Å²) < 4.78 is 18.2. The Kier molecular flexibility index (Phi) is 6.53. The molecule has 0 bridgehead atoms. The number of esters is 1. The maximum absolute atomic E-state index is 12.2.